The van der Waals surface area contributed by atoms with Crippen LogP contribution in [0.2, 0.25) is 0 Å². The fourth-order valence-corrected chi connectivity index (χ4v) is 28.6. The Labute approximate surface area is 655 Å². The van der Waals surface area contributed by atoms with Crippen LogP contribution in [0.1, 0.15) is 244 Å². The Balaban J connectivity index is 0.000000106. The molecule has 0 aromatic heterocycles. The lowest BCUT2D eigenvalue weighted by Crippen LogP contribution is -2.73. The summed E-state index contributed by atoms with van der Waals surface area (Å²) in [4.78, 5) is 35.0. The third-order valence-electron chi connectivity index (χ3n) is 34.2. The van der Waals surface area contributed by atoms with Gasteiger partial charge in [0.15, 0.2) is 46.0 Å². The number of nitrogens with zero attached hydrogens (tertiary/aromatic N) is 4. The van der Waals surface area contributed by atoms with Crippen molar-refractivity contribution in [3.05, 3.63) is 93.0 Å². The van der Waals surface area contributed by atoms with E-state index in [-0.39, 0.29) is 145 Å². The zero-order valence-corrected chi connectivity index (χ0v) is 63.7. The number of rotatable bonds is 10. The molecular weight excluding hydrogens is 1380 g/mol. The molecule has 2 amide bonds. The largest absolute Gasteiger partial charge is 0.504 e. The Hall–Kier alpha value is -6.02. The van der Waals surface area contributed by atoms with Gasteiger partial charge in [0.1, 0.15) is 24.4 Å². The van der Waals surface area contributed by atoms with E-state index < -0.39 is 0 Å². The van der Waals surface area contributed by atoms with Gasteiger partial charge in [-0.2, -0.15) is 0 Å². The Bertz CT molecular complexity index is 4060. The molecule has 4 spiro atoms. The average Bonchev–Trinajstić information content (AvgIpc) is 1.54. The maximum Gasteiger partial charge on any atom is 0.217 e. The summed E-state index contributed by atoms with van der Waals surface area (Å²) in [6, 6.07) is 18.2. The van der Waals surface area contributed by atoms with Crippen LogP contribution in [0.3, 0.4) is 0 Å². The molecule has 600 valence electrons. The van der Waals surface area contributed by atoms with Crippen LogP contribution >= 0.6 is 0 Å². The number of benzene rings is 4. The molecule has 110 heavy (non-hydrogen) atoms. The normalized spacial score (nSPS) is 40.8. The van der Waals surface area contributed by atoms with Crippen LogP contribution in [0.5, 0.6) is 46.0 Å². The van der Waals surface area contributed by atoms with Crippen molar-refractivity contribution in [2.45, 2.75) is 320 Å². The minimum atomic E-state index is -0.106. The van der Waals surface area contributed by atoms with E-state index in [9.17, 15) is 30.0 Å². The van der Waals surface area contributed by atoms with Crippen LogP contribution in [0.15, 0.2) is 48.5 Å². The first kappa shape index (κ1) is 76.6. The lowest BCUT2D eigenvalue weighted by Gasteiger charge is -2.65. The van der Waals surface area contributed by atoms with Gasteiger partial charge >= 0.3 is 0 Å². The van der Waals surface area contributed by atoms with Gasteiger partial charge in [-0.15, -0.1) is 0 Å². The van der Waals surface area contributed by atoms with E-state index in [4.69, 9.17) is 30.4 Å². The lowest BCUT2D eigenvalue weighted by molar-refractivity contribution is -0.135. The van der Waals surface area contributed by atoms with E-state index in [1.165, 1.54) is 135 Å². The van der Waals surface area contributed by atoms with Gasteiger partial charge in [0.25, 0.3) is 0 Å². The molecule has 24 rings (SSSR count). The molecule has 8 bridgehead atoms. The number of nitrogens with two attached hydrogens (primary N) is 2. The van der Waals surface area contributed by atoms with Crippen LogP contribution in [-0.2, 0) is 56.9 Å². The highest BCUT2D eigenvalue weighted by Crippen LogP contribution is 2.74. The highest BCUT2D eigenvalue weighted by atomic mass is 16.5. The van der Waals surface area contributed by atoms with Crippen molar-refractivity contribution < 1.29 is 49.0 Å². The van der Waals surface area contributed by atoms with Crippen LogP contribution < -0.4 is 41.0 Å². The van der Waals surface area contributed by atoms with Gasteiger partial charge in [0.05, 0.1) is 12.1 Å². The van der Waals surface area contributed by atoms with Crippen LogP contribution in [0, 0.1) is 45.3 Å². The van der Waals surface area contributed by atoms with Crippen molar-refractivity contribution >= 4 is 11.8 Å². The molecule has 8 unspecified atom stereocenters. The van der Waals surface area contributed by atoms with Crippen molar-refractivity contribution in [1.29, 1.82) is 0 Å². The van der Waals surface area contributed by atoms with Gasteiger partial charge < -0.3 is 61.5 Å². The van der Waals surface area contributed by atoms with E-state index in [1.807, 2.05) is 12.1 Å². The summed E-state index contributed by atoms with van der Waals surface area (Å²) >= 11 is 0. The van der Waals surface area contributed by atoms with Gasteiger partial charge in [-0.1, -0.05) is 81.7 Å². The first-order valence-electron chi connectivity index (χ1n) is 42.1. The maximum absolute atomic E-state index is 11.9. The molecule has 12 fully saturated rings. The number of ether oxygens (including phenoxy) is 4. The maximum atomic E-state index is 11.9. The summed E-state index contributed by atoms with van der Waals surface area (Å²) in [6.07, 6.45) is 28.2. The number of likely N-dealkylation sites (tertiary alicyclic amines) is 4. The molecule has 18 nitrogen and oxygen atoms in total. The molecule has 0 radical (unpaired) electrons. The minimum absolute atomic E-state index is 0. The molecule has 4 saturated heterocycles. The third kappa shape index (κ3) is 10.3. The summed E-state index contributed by atoms with van der Waals surface area (Å²) in [7, 11) is 0. The molecule has 10 N–H and O–H groups in total. The van der Waals surface area contributed by atoms with Crippen molar-refractivity contribution in [3.8, 4) is 46.0 Å². The molecule has 8 heterocycles. The summed E-state index contributed by atoms with van der Waals surface area (Å²) in [5.41, 5.74) is 24.2. The van der Waals surface area contributed by atoms with E-state index in [1.54, 1.807) is 26.0 Å². The summed E-state index contributed by atoms with van der Waals surface area (Å²) in [6.45, 7) is 22.6. The second-order valence-corrected chi connectivity index (χ2v) is 39.2. The topological polar surface area (TPSA) is 241 Å². The monoisotopic (exact) mass is 1510 g/mol. The van der Waals surface area contributed by atoms with Crippen molar-refractivity contribution in [3.63, 3.8) is 0 Å². The molecule has 12 aliphatic carbocycles. The van der Waals surface area contributed by atoms with Gasteiger partial charge in [0.2, 0.25) is 11.8 Å². The standard InChI is InChI=1S/2C23H30N2O3.2C21H28N2O2.4CH4/c2*1-13(26)24-16-7-8-22(2)18-11-15-5-6-17(27)20-19(15)23(22,21(16)28-20)9-10-25(18)12-14-3-4-14;2*1-20-7-6-14(22)19-21(20)8-9-23(11-12-2-3-12)16(20)10-13-4-5-15(24)18(25-19)17(13)21;;;;/h2*5-6,14,16,18,21,27H,3-4,7-12H2,1-2H3,(H,24,26);2*4-5,12,14,16,19,24H,2-3,6-11,22H2,1H3;4*1H4/t16-,18?,21?,22+,23+;16-,18?,21?,22-,23-;14-,16?,19?,20+,21+;14-,16?,19?,20-,21-;;;;/m1010..../s1. The van der Waals surface area contributed by atoms with Crippen LogP contribution in [0.4, 0.5) is 0 Å². The molecular formula is C92H132N8O10. The second-order valence-electron chi connectivity index (χ2n) is 39.2. The summed E-state index contributed by atoms with van der Waals surface area (Å²) < 4.78 is 25.9. The van der Waals surface area contributed by atoms with E-state index >= 15 is 0 Å². The molecule has 8 aliphatic heterocycles. The number of hydrogen-bond donors (Lipinski definition) is 8. The van der Waals surface area contributed by atoms with E-state index in [0.29, 0.717) is 47.2 Å². The highest BCUT2D eigenvalue weighted by molar-refractivity contribution is 5.75. The molecule has 20 atom stereocenters. The predicted octanol–water partition coefficient (Wildman–Crippen LogP) is 13.1. The number of phenolic OH excluding ortho intramolecular Hbond substituents is 4. The number of aromatic hydroxyl groups is 4. The van der Waals surface area contributed by atoms with Crippen molar-refractivity contribution in [1.82, 2.24) is 30.2 Å². The Kier molecular flexibility index (Phi) is 18.3. The highest BCUT2D eigenvalue weighted by Gasteiger charge is 2.76. The van der Waals surface area contributed by atoms with Gasteiger partial charge in [-0.25, -0.2) is 0 Å². The quantitative estimate of drug-likeness (QED) is 0.0736. The zero-order chi connectivity index (χ0) is 72.5. The summed E-state index contributed by atoms with van der Waals surface area (Å²) in [5, 5.41) is 48.6. The molecule has 18 heteroatoms. The lowest BCUT2D eigenvalue weighted by atomic mass is 9.43. The number of phenols is 4. The SMILES string of the molecule is C.C.C.C.CC(=O)N[C@@H]1CC[C@@]2(C)C3Cc4ccc(O)c5c4[C@@]2(CCN3CC2CC2)C1O5.CC(=O)N[C@H]1CC[C@@]2(C)C3Cc4ccc(O)c5c4[C@@]2(CCN3CC2CC2)C1O5.C[C@@]12CC[C@@H](N)C3Oc4c(O)ccc5c4[C@@]31CCN(CC1CC1)C2C5.C[C@@]12CC[C@H](N)C3Oc4c(O)ccc5c4[C@@]31CCN(CC1CC1)C2C5. The Morgan fingerprint density at radius 3 is 0.855 bits per heavy atom. The predicted molar refractivity (Wildman–Crippen MR) is 430 cm³/mol. The molecule has 20 aliphatic rings. The number of amides is 2. The van der Waals surface area contributed by atoms with Crippen molar-refractivity contribution in [2.24, 2.45) is 56.8 Å². The van der Waals surface area contributed by atoms with Crippen LogP contribution in [0.25, 0.3) is 0 Å². The molecule has 4 aromatic rings. The number of carbonyl (C=O) groups is 2. The molecule has 4 aromatic carbocycles. The third-order valence-corrected chi connectivity index (χ3v) is 34.2. The number of piperidine rings is 4. The van der Waals surface area contributed by atoms with Gasteiger partial charge in [-0.05, 0) is 272 Å². The smallest absolute Gasteiger partial charge is 0.217 e. The minimum Gasteiger partial charge on any atom is -0.504 e. The average molecular weight is 1510 g/mol. The molecule has 8 saturated carbocycles. The van der Waals surface area contributed by atoms with Gasteiger partial charge in [-0.3, -0.25) is 29.2 Å². The first-order chi connectivity index (χ1) is 51.0. The first-order valence-corrected chi connectivity index (χ1v) is 42.1. The van der Waals surface area contributed by atoms with E-state index in [2.05, 4.69) is 82.2 Å². The fraction of sp³-hybridized carbons (Fsp3) is 0.717. The number of hydrogen-bond acceptors (Lipinski definition) is 16. The number of nitrogens with one attached hydrogen (secondary N) is 2. The van der Waals surface area contributed by atoms with Crippen LogP contribution in [-0.4, -0.2) is 177 Å². The van der Waals surface area contributed by atoms with Crippen molar-refractivity contribution in [2.75, 3.05) is 52.4 Å². The summed E-state index contributed by atoms with van der Waals surface area (Å²) in [5.74, 6) is 7.65. The fourth-order valence-electron chi connectivity index (χ4n) is 28.6. The Morgan fingerprint density at radius 1 is 0.373 bits per heavy atom. The van der Waals surface area contributed by atoms with Gasteiger partial charge in [0, 0.05) is 120 Å². The van der Waals surface area contributed by atoms with E-state index in [0.717, 1.165) is 151 Å². The second kappa shape index (κ2) is 26.3. The zero-order valence-electron chi connectivity index (χ0n) is 63.7. The number of carbonyl (C=O) groups excluding carboxylic acids is 2. The Morgan fingerprint density at radius 2 is 0.609 bits per heavy atom.